The Morgan fingerprint density at radius 3 is 2.77 bits per heavy atom. The van der Waals surface area contributed by atoms with E-state index in [1.54, 1.807) is 0 Å². The highest BCUT2D eigenvalue weighted by Crippen LogP contribution is 1.93. The highest BCUT2D eigenvalue weighted by Gasteiger charge is 2.09. The first-order valence-electron chi connectivity index (χ1n) is 3.57. The van der Waals surface area contributed by atoms with Crippen molar-refractivity contribution in [1.29, 1.82) is 0 Å². The van der Waals surface area contributed by atoms with E-state index in [0.29, 0.717) is 0 Å². The number of carbonyl (C=O) groups excluding carboxylic acids is 2. The Kier molecular flexibility index (Phi) is 3.07. The predicted molar refractivity (Wildman–Crippen MR) is 39.7 cm³/mol. The molecule has 1 aromatic heterocycles. The van der Waals surface area contributed by atoms with Crippen molar-refractivity contribution in [3.63, 3.8) is 0 Å². The Labute approximate surface area is 73.7 Å². The van der Waals surface area contributed by atoms with E-state index in [2.05, 4.69) is 20.1 Å². The Hall–Kier alpha value is -1.79. The molecule has 0 radical (unpaired) electrons. The molecule has 1 aromatic rings. The summed E-state index contributed by atoms with van der Waals surface area (Å²) in [6.07, 6.45) is 1.19. The Balaban J connectivity index is 2.39. The lowest BCUT2D eigenvalue weighted by Gasteiger charge is -1.96. The van der Waals surface area contributed by atoms with Gasteiger partial charge in [-0.05, 0) is 5.21 Å². The third-order valence-corrected chi connectivity index (χ3v) is 1.34. The number of esters is 1. The van der Waals surface area contributed by atoms with E-state index in [-0.39, 0.29) is 18.7 Å². The van der Waals surface area contributed by atoms with Gasteiger partial charge in [0.05, 0.1) is 13.5 Å². The molecule has 0 bridgehead atoms. The van der Waals surface area contributed by atoms with E-state index in [1.807, 2.05) is 0 Å². The van der Waals surface area contributed by atoms with Crippen LogP contribution in [-0.2, 0) is 9.53 Å². The summed E-state index contributed by atoms with van der Waals surface area (Å²) in [6, 6.07) is 0. The van der Waals surface area contributed by atoms with Crippen LogP contribution in [-0.4, -0.2) is 39.2 Å². The van der Waals surface area contributed by atoms with Gasteiger partial charge in [-0.2, -0.15) is 0 Å². The van der Waals surface area contributed by atoms with Gasteiger partial charge >= 0.3 is 5.97 Å². The first kappa shape index (κ1) is 9.30. The standard InChI is InChI=1S/C6H8N4O3/c1-13-6(12)3-2-5(11)10-8-4-7-9-10/h4H,2-3H2,1H3. The van der Waals surface area contributed by atoms with Crippen LogP contribution in [0.15, 0.2) is 6.33 Å². The van der Waals surface area contributed by atoms with Gasteiger partial charge in [0.25, 0.3) is 5.91 Å². The molecule has 0 fully saturated rings. The molecule has 0 aliphatic heterocycles. The fourth-order valence-corrected chi connectivity index (χ4v) is 0.692. The van der Waals surface area contributed by atoms with Gasteiger partial charge in [0.15, 0.2) is 6.33 Å². The number of aromatic nitrogens is 4. The number of rotatable bonds is 3. The minimum atomic E-state index is -0.437. The SMILES string of the molecule is COC(=O)CCC(=O)n1ncnn1. The van der Waals surface area contributed by atoms with Gasteiger partial charge in [-0.25, -0.2) is 0 Å². The average Bonchev–Trinajstić information content (AvgIpc) is 2.66. The molecule has 7 heteroatoms. The molecule has 1 heterocycles. The van der Waals surface area contributed by atoms with Gasteiger partial charge in [-0.1, -0.05) is 4.80 Å². The summed E-state index contributed by atoms with van der Waals surface area (Å²) in [5.74, 6) is -0.823. The number of ether oxygens (including phenoxy) is 1. The van der Waals surface area contributed by atoms with Crippen LogP contribution in [0.5, 0.6) is 0 Å². The van der Waals surface area contributed by atoms with Gasteiger partial charge in [0, 0.05) is 6.42 Å². The fraction of sp³-hybridized carbons (Fsp3) is 0.500. The second kappa shape index (κ2) is 4.29. The van der Waals surface area contributed by atoms with Crippen molar-refractivity contribution in [1.82, 2.24) is 20.2 Å². The van der Waals surface area contributed by atoms with E-state index in [0.717, 1.165) is 11.1 Å². The maximum Gasteiger partial charge on any atom is 0.306 e. The normalized spacial score (nSPS) is 9.62. The number of hydrogen-bond donors (Lipinski definition) is 0. The lowest BCUT2D eigenvalue weighted by molar-refractivity contribution is -0.140. The molecule has 70 valence electrons. The van der Waals surface area contributed by atoms with E-state index >= 15 is 0 Å². The first-order valence-corrected chi connectivity index (χ1v) is 3.57. The zero-order chi connectivity index (χ0) is 9.68. The highest BCUT2D eigenvalue weighted by atomic mass is 16.5. The molecule has 0 aliphatic rings. The molecule has 0 atom stereocenters. The zero-order valence-electron chi connectivity index (χ0n) is 7.01. The van der Waals surface area contributed by atoms with Gasteiger partial charge in [0.2, 0.25) is 0 Å². The molecule has 13 heavy (non-hydrogen) atoms. The van der Waals surface area contributed by atoms with Crippen LogP contribution in [0, 0.1) is 0 Å². The fourth-order valence-electron chi connectivity index (χ4n) is 0.692. The summed E-state index contributed by atoms with van der Waals surface area (Å²) in [7, 11) is 1.26. The monoisotopic (exact) mass is 184 g/mol. The summed E-state index contributed by atoms with van der Waals surface area (Å²) in [4.78, 5) is 22.6. The largest absolute Gasteiger partial charge is 0.469 e. The molecule has 0 aliphatic carbocycles. The molecule has 0 N–H and O–H groups in total. The molecule has 0 aromatic carbocycles. The molecule has 7 nitrogen and oxygen atoms in total. The van der Waals surface area contributed by atoms with Crippen molar-refractivity contribution in [2.24, 2.45) is 0 Å². The smallest absolute Gasteiger partial charge is 0.306 e. The molecule has 1 rings (SSSR count). The topological polar surface area (TPSA) is 87.0 Å². The number of hydrogen-bond acceptors (Lipinski definition) is 6. The van der Waals surface area contributed by atoms with Crippen molar-refractivity contribution >= 4 is 11.9 Å². The van der Waals surface area contributed by atoms with Gasteiger partial charge < -0.3 is 4.74 Å². The van der Waals surface area contributed by atoms with Crippen molar-refractivity contribution in [3.8, 4) is 0 Å². The van der Waals surface area contributed by atoms with Crippen molar-refractivity contribution in [2.45, 2.75) is 12.8 Å². The highest BCUT2D eigenvalue weighted by molar-refractivity contribution is 5.81. The average molecular weight is 184 g/mol. The summed E-state index contributed by atoms with van der Waals surface area (Å²) >= 11 is 0. The summed E-state index contributed by atoms with van der Waals surface area (Å²) in [6.45, 7) is 0. The van der Waals surface area contributed by atoms with Crippen LogP contribution in [0.2, 0.25) is 0 Å². The van der Waals surface area contributed by atoms with Gasteiger partial charge in [-0.3, -0.25) is 9.59 Å². The van der Waals surface area contributed by atoms with Crippen molar-refractivity contribution < 1.29 is 14.3 Å². The van der Waals surface area contributed by atoms with E-state index in [9.17, 15) is 9.59 Å². The number of carbonyl (C=O) groups is 2. The maximum atomic E-state index is 11.1. The van der Waals surface area contributed by atoms with Crippen LogP contribution >= 0.6 is 0 Å². The Morgan fingerprint density at radius 1 is 1.46 bits per heavy atom. The van der Waals surface area contributed by atoms with Crippen molar-refractivity contribution in [2.75, 3.05) is 7.11 Å². The predicted octanol–water partition coefficient (Wildman–Crippen LogP) is -0.734. The van der Waals surface area contributed by atoms with Crippen LogP contribution < -0.4 is 0 Å². The van der Waals surface area contributed by atoms with E-state index < -0.39 is 5.97 Å². The van der Waals surface area contributed by atoms with Crippen LogP contribution in [0.25, 0.3) is 0 Å². The Morgan fingerprint density at radius 2 is 2.23 bits per heavy atom. The lowest BCUT2D eigenvalue weighted by atomic mass is 10.3. The van der Waals surface area contributed by atoms with Gasteiger partial charge in [0.1, 0.15) is 0 Å². The first-order chi connectivity index (χ1) is 6.24. The molecule has 0 spiro atoms. The number of nitrogens with zero attached hydrogens (tertiary/aromatic N) is 4. The number of tetrazole rings is 1. The second-order valence-corrected chi connectivity index (χ2v) is 2.20. The molecular formula is C6H8N4O3. The van der Waals surface area contributed by atoms with Crippen LogP contribution in [0.4, 0.5) is 0 Å². The third-order valence-electron chi connectivity index (χ3n) is 1.34. The summed E-state index contributed by atoms with van der Waals surface area (Å²) < 4.78 is 4.36. The van der Waals surface area contributed by atoms with Gasteiger partial charge in [-0.15, -0.1) is 10.2 Å². The summed E-state index contributed by atoms with van der Waals surface area (Å²) in [5, 5.41) is 10.2. The maximum absolute atomic E-state index is 11.1. The van der Waals surface area contributed by atoms with E-state index in [4.69, 9.17) is 0 Å². The molecule has 0 unspecified atom stereocenters. The molecule has 0 saturated carbocycles. The van der Waals surface area contributed by atoms with Crippen molar-refractivity contribution in [3.05, 3.63) is 6.33 Å². The quantitative estimate of drug-likeness (QED) is 0.575. The van der Waals surface area contributed by atoms with Crippen LogP contribution in [0.3, 0.4) is 0 Å². The molecule has 0 amide bonds. The Bertz CT molecular complexity index is 295. The summed E-state index contributed by atoms with van der Waals surface area (Å²) in [5.41, 5.74) is 0. The minimum Gasteiger partial charge on any atom is -0.469 e. The van der Waals surface area contributed by atoms with Crippen LogP contribution in [0.1, 0.15) is 17.6 Å². The zero-order valence-corrected chi connectivity index (χ0v) is 7.01. The van der Waals surface area contributed by atoms with E-state index in [1.165, 1.54) is 7.11 Å². The minimum absolute atomic E-state index is 0.0169. The second-order valence-electron chi connectivity index (χ2n) is 2.20. The lowest BCUT2D eigenvalue weighted by Crippen LogP contribution is -2.16. The molecular weight excluding hydrogens is 176 g/mol. The third kappa shape index (κ3) is 2.62. The number of methoxy groups -OCH3 is 1. The molecule has 0 saturated heterocycles.